The van der Waals surface area contributed by atoms with E-state index in [0.717, 1.165) is 53.0 Å². The molecule has 1 aromatic carbocycles. The number of phenolic OH excluding ortho intramolecular Hbond substituents is 1. The largest absolute Gasteiger partial charge is 0.507 e. The van der Waals surface area contributed by atoms with Crippen molar-refractivity contribution >= 4 is 0 Å². The van der Waals surface area contributed by atoms with Gasteiger partial charge < -0.3 is 9.84 Å². The van der Waals surface area contributed by atoms with Crippen LogP contribution in [-0.4, -0.2) is 12.2 Å². The molecule has 2 heteroatoms. The van der Waals surface area contributed by atoms with E-state index in [1.807, 2.05) is 19.9 Å². The van der Waals surface area contributed by atoms with E-state index in [2.05, 4.69) is 40.7 Å². The molecule has 0 saturated heterocycles. The van der Waals surface area contributed by atoms with Gasteiger partial charge in [-0.25, -0.2) is 0 Å². The fourth-order valence-corrected chi connectivity index (χ4v) is 4.40. The van der Waals surface area contributed by atoms with Crippen molar-refractivity contribution in [1.29, 1.82) is 0 Å². The number of methoxy groups -OCH3 is 1. The Balaban J connectivity index is 2.31. The minimum Gasteiger partial charge on any atom is -0.507 e. The van der Waals surface area contributed by atoms with Crippen LogP contribution in [0.15, 0.2) is 17.7 Å². The Morgan fingerprint density at radius 2 is 1.45 bits per heavy atom. The van der Waals surface area contributed by atoms with Crippen molar-refractivity contribution in [2.75, 3.05) is 7.11 Å². The van der Waals surface area contributed by atoms with E-state index >= 15 is 0 Å². The second-order valence-corrected chi connectivity index (χ2v) is 10.4. The molecule has 0 aromatic heterocycles. The Kier molecular flexibility index (Phi) is 13.0. The van der Waals surface area contributed by atoms with Gasteiger partial charge in [-0.05, 0) is 75.0 Å². The van der Waals surface area contributed by atoms with Gasteiger partial charge >= 0.3 is 0 Å². The third-order valence-corrected chi connectivity index (χ3v) is 6.93. The Morgan fingerprint density at radius 3 is 2.00 bits per heavy atom. The summed E-state index contributed by atoms with van der Waals surface area (Å²) in [4.78, 5) is 0. The zero-order valence-corrected chi connectivity index (χ0v) is 21.8. The van der Waals surface area contributed by atoms with Gasteiger partial charge in [-0.3, -0.25) is 0 Å². The number of benzene rings is 1. The Bertz CT molecular complexity index is 672. The summed E-state index contributed by atoms with van der Waals surface area (Å²) in [6.45, 7) is 15.7. The zero-order chi connectivity index (χ0) is 23.4. The quantitative estimate of drug-likeness (QED) is 0.281. The van der Waals surface area contributed by atoms with Crippen molar-refractivity contribution in [3.63, 3.8) is 0 Å². The Morgan fingerprint density at radius 1 is 0.903 bits per heavy atom. The van der Waals surface area contributed by atoms with Crippen molar-refractivity contribution in [2.24, 2.45) is 17.8 Å². The van der Waals surface area contributed by atoms with Crippen molar-refractivity contribution in [2.45, 2.75) is 113 Å². The molecule has 2 unspecified atom stereocenters. The van der Waals surface area contributed by atoms with Crippen molar-refractivity contribution in [3.05, 3.63) is 34.4 Å². The highest BCUT2D eigenvalue weighted by Gasteiger charge is 2.12. The van der Waals surface area contributed by atoms with Crippen LogP contribution >= 0.6 is 0 Å². The number of phenols is 1. The molecule has 0 spiro atoms. The molecule has 0 radical (unpaired) electrons. The second kappa shape index (κ2) is 14.6. The van der Waals surface area contributed by atoms with E-state index in [1.54, 1.807) is 7.11 Å². The van der Waals surface area contributed by atoms with Crippen LogP contribution in [0, 0.1) is 31.6 Å². The third-order valence-electron chi connectivity index (χ3n) is 6.93. The highest BCUT2D eigenvalue weighted by molar-refractivity contribution is 5.52. The van der Waals surface area contributed by atoms with Gasteiger partial charge in [0.25, 0.3) is 0 Å². The first-order valence-corrected chi connectivity index (χ1v) is 12.7. The average Bonchev–Trinajstić information content (AvgIpc) is 2.71. The van der Waals surface area contributed by atoms with E-state index in [0.29, 0.717) is 5.75 Å². The number of allylic oxidation sites excluding steroid dienone is 2. The van der Waals surface area contributed by atoms with Gasteiger partial charge in [-0.15, -0.1) is 0 Å². The summed E-state index contributed by atoms with van der Waals surface area (Å²) in [6, 6.07) is 1.98. The van der Waals surface area contributed by atoms with Gasteiger partial charge in [-0.1, -0.05) is 84.3 Å². The number of hydrogen-bond donors (Lipinski definition) is 1. The first-order valence-electron chi connectivity index (χ1n) is 12.7. The lowest BCUT2D eigenvalue weighted by Crippen LogP contribution is -2.00. The molecule has 31 heavy (non-hydrogen) atoms. The molecule has 0 fully saturated rings. The Hall–Kier alpha value is -1.44. The summed E-state index contributed by atoms with van der Waals surface area (Å²) in [5.41, 5.74) is 4.31. The molecule has 0 bridgehead atoms. The summed E-state index contributed by atoms with van der Waals surface area (Å²) in [6.07, 6.45) is 15.1. The first-order chi connectivity index (χ1) is 14.6. The third kappa shape index (κ3) is 10.6. The van der Waals surface area contributed by atoms with Crippen LogP contribution in [-0.2, 0) is 6.42 Å². The molecule has 0 aliphatic carbocycles. The summed E-state index contributed by atoms with van der Waals surface area (Å²) < 4.78 is 5.46. The van der Waals surface area contributed by atoms with Gasteiger partial charge in [-0.2, -0.15) is 0 Å². The van der Waals surface area contributed by atoms with E-state index in [1.165, 1.54) is 56.9 Å². The molecule has 0 saturated carbocycles. The lowest BCUT2D eigenvalue weighted by Gasteiger charge is -2.15. The number of aromatic hydroxyl groups is 1. The van der Waals surface area contributed by atoms with Gasteiger partial charge in [0.1, 0.15) is 11.5 Å². The lowest BCUT2D eigenvalue weighted by molar-refractivity contribution is 0.389. The predicted molar refractivity (Wildman–Crippen MR) is 136 cm³/mol. The SMILES string of the molecule is COc1cc(C/C=C(\C)CCCC(C)CCCC(C)CCCC(C)C)c(O)c(C)c1C. The van der Waals surface area contributed by atoms with Crippen molar-refractivity contribution < 1.29 is 9.84 Å². The second-order valence-electron chi connectivity index (χ2n) is 10.4. The fourth-order valence-electron chi connectivity index (χ4n) is 4.40. The van der Waals surface area contributed by atoms with Gasteiger partial charge in [0.2, 0.25) is 0 Å². The maximum atomic E-state index is 10.5. The van der Waals surface area contributed by atoms with E-state index in [4.69, 9.17) is 4.74 Å². The smallest absolute Gasteiger partial charge is 0.122 e. The van der Waals surface area contributed by atoms with Crippen molar-refractivity contribution in [1.82, 2.24) is 0 Å². The van der Waals surface area contributed by atoms with Crippen LogP contribution in [0.25, 0.3) is 0 Å². The topological polar surface area (TPSA) is 29.5 Å². The molecule has 1 rings (SSSR count). The highest BCUT2D eigenvalue weighted by atomic mass is 16.5. The lowest BCUT2D eigenvalue weighted by atomic mass is 9.91. The van der Waals surface area contributed by atoms with Gasteiger partial charge in [0.05, 0.1) is 7.11 Å². The summed E-state index contributed by atoms with van der Waals surface area (Å²) in [5.74, 6) is 3.83. The molecule has 0 amide bonds. The average molecular weight is 431 g/mol. The van der Waals surface area contributed by atoms with Gasteiger partial charge in [0.15, 0.2) is 0 Å². The molecule has 1 aromatic rings. The van der Waals surface area contributed by atoms with Crippen LogP contribution in [0.4, 0.5) is 0 Å². The minimum atomic E-state index is 0.411. The molecule has 2 nitrogen and oxygen atoms in total. The fraction of sp³-hybridized carbons (Fsp3) is 0.724. The predicted octanol–water partition coefficient (Wildman–Crippen LogP) is 8.95. The Labute approximate surface area is 193 Å². The minimum absolute atomic E-state index is 0.411. The maximum absolute atomic E-state index is 10.5. The standard InChI is InChI=1S/C29H50O2/c1-21(2)12-9-13-22(3)14-10-15-23(4)16-11-17-24(5)18-19-27-20-28(31-8)25(6)26(7)29(27)30/h18,20-23,30H,9-17,19H2,1-8H3/b24-18+. The monoisotopic (exact) mass is 430 g/mol. The first kappa shape index (κ1) is 27.6. The summed E-state index contributed by atoms with van der Waals surface area (Å²) in [7, 11) is 1.69. The van der Waals surface area contributed by atoms with Crippen LogP contribution in [0.3, 0.4) is 0 Å². The molecular weight excluding hydrogens is 380 g/mol. The number of rotatable bonds is 15. The molecule has 178 valence electrons. The maximum Gasteiger partial charge on any atom is 0.122 e. The van der Waals surface area contributed by atoms with Gasteiger partial charge in [0, 0.05) is 5.56 Å². The van der Waals surface area contributed by atoms with E-state index in [9.17, 15) is 5.11 Å². The van der Waals surface area contributed by atoms with Crippen LogP contribution in [0.5, 0.6) is 11.5 Å². The molecular formula is C29H50O2. The van der Waals surface area contributed by atoms with E-state index < -0.39 is 0 Å². The zero-order valence-electron chi connectivity index (χ0n) is 21.8. The molecule has 0 heterocycles. The van der Waals surface area contributed by atoms with Crippen LogP contribution < -0.4 is 4.74 Å². The molecule has 1 N–H and O–H groups in total. The van der Waals surface area contributed by atoms with E-state index in [-0.39, 0.29) is 0 Å². The van der Waals surface area contributed by atoms with Crippen molar-refractivity contribution in [3.8, 4) is 11.5 Å². The molecule has 0 aliphatic heterocycles. The summed E-state index contributed by atoms with van der Waals surface area (Å²) >= 11 is 0. The molecule has 0 aliphatic rings. The number of ether oxygens (including phenoxy) is 1. The highest BCUT2D eigenvalue weighted by Crippen LogP contribution is 2.33. The normalized spacial score (nSPS) is 14.2. The molecule has 2 atom stereocenters. The summed E-state index contributed by atoms with van der Waals surface area (Å²) in [5, 5.41) is 10.5. The van der Waals surface area contributed by atoms with Crippen LogP contribution in [0.1, 0.15) is 109 Å². The van der Waals surface area contributed by atoms with Crippen LogP contribution in [0.2, 0.25) is 0 Å². The number of hydrogen-bond acceptors (Lipinski definition) is 2.